The maximum absolute atomic E-state index is 13.7. The summed E-state index contributed by atoms with van der Waals surface area (Å²) < 4.78 is 71.8. The van der Waals surface area contributed by atoms with Crippen LogP contribution in [0.2, 0.25) is 0 Å². The van der Waals surface area contributed by atoms with Gasteiger partial charge in [0.2, 0.25) is 0 Å². The molecule has 0 saturated carbocycles. The smallest absolute Gasteiger partial charge is 0.443 e. The normalized spacial score (nSPS) is 21.9. The van der Waals surface area contributed by atoms with E-state index in [4.69, 9.17) is 0 Å². The van der Waals surface area contributed by atoms with E-state index in [0.717, 1.165) is 12.1 Å². The standard InChI is InChI=1S/C11H8F5NO3/c12-10(13)5-19-9(18)17-8(10)6-3-1-2-4-7(6)20-11(14,15)16/h1-4,8H,5H2,(H,17,18)/t8-/m1/s1. The number of carbonyl (C=O) groups excluding carboxylic acids is 1. The minimum Gasteiger partial charge on any atom is -0.443 e. The van der Waals surface area contributed by atoms with Crippen molar-refractivity contribution in [1.29, 1.82) is 0 Å². The molecule has 0 radical (unpaired) electrons. The Morgan fingerprint density at radius 1 is 1.30 bits per heavy atom. The molecule has 4 nitrogen and oxygen atoms in total. The molecule has 1 amide bonds. The highest BCUT2D eigenvalue weighted by Gasteiger charge is 2.48. The van der Waals surface area contributed by atoms with Crippen LogP contribution in [-0.4, -0.2) is 25.0 Å². The van der Waals surface area contributed by atoms with E-state index in [0.29, 0.717) is 0 Å². The van der Waals surface area contributed by atoms with Gasteiger partial charge in [0, 0.05) is 5.56 Å². The van der Waals surface area contributed by atoms with Gasteiger partial charge in [-0.15, -0.1) is 13.2 Å². The van der Waals surface area contributed by atoms with Crippen LogP contribution < -0.4 is 10.1 Å². The Hall–Kier alpha value is -2.06. The predicted octanol–water partition coefficient (Wildman–Crippen LogP) is 3.00. The number of alkyl carbamates (subject to hydrolysis) is 1. The van der Waals surface area contributed by atoms with Crippen molar-refractivity contribution in [1.82, 2.24) is 5.32 Å². The second kappa shape index (κ2) is 4.80. The fourth-order valence-corrected chi connectivity index (χ4v) is 1.75. The second-order valence-electron chi connectivity index (χ2n) is 4.00. The number of ether oxygens (including phenoxy) is 2. The molecule has 1 aromatic rings. The summed E-state index contributed by atoms with van der Waals surface area (Å²) in [7, 11) is 0. The van der Waals surface area contributed by atoms with E-state index in [2.05, 4.69) is 9.47 Å². The third kappa shape index (κ3) is 3.09. The number of hydrogen-bond acceptors (Lipinski definition) is 3. The topological polar surface area (TPSA) is 47.6 Å². The van der Waals surface area contributed by atoms with Crippen LogP contribution in [-0.2, 0) is 4.74 Å². The Bertz CT molecular complexity index is 517. The van der Waals surface area contributed by atoms with Crippen molar-refractivity contribution in [2.45, 2.75) is 18.3 Å². The zero-order chi connectivity index (χ0) is 15.0. The number of benzene rings is 1. The average molecular weight is 297 g/mol. The van der Waals surface area contributed by atoms with E-state index in [1.54, 1.807) is 5.32 Å². The van der Waals surface area contributed by atoms with Crippen LogP contribution in [0.1, 0.15) is 11.6 Å². The van der Waals surface area contributed by atoms with E-state index >= 15 is 0 Å². The van der Waals surface area contributed by atoms with Crippen molar-refractivity contribution in [2.75, 3.05) is 6.61 Å². The lowest BCUT2D eigenvalue weighted by atomic mass is 9.99. The Balaban J connectivity index is 2.38. The summed E-state index contributed by atoms with van der Waals surface area (Å²) in [6.07, 6.45) is -6.16. The quantitative estimate of drug-likeness (QED) is 0.854. The number of carbonyl (C=O) groups is 1. The van der Waals surface area contributed by atoms with E-state index < -0.39 is 42.3 Å². The van der Waals surface area contributed by atoms with Crippen LogP contribution in [0.4, 0.5) is 26.7 Å². The largest absolute Gasteiger partial charge is 0.573 e. The minimum atomic E-state index is -5.03. The number of cyclic esters (lactones) is 1. The highest BCUT2D eigenvalue weighted by molar-refractivity contribution is 5.69. The third-order valence-electron chi connectivity index (χ3n) is 2.54. The molecule has 9 heteroatoms. The molecule has 1 atom stereocenters. The van der Waals surface area contributed by atoms with Gasteiger partial charge in [0.25, 0.3) is 0 Å². The summed E-state index contributed by atoms with van der Waals surface area (Å²) >= 11 is 0. The van der Waals surface area contributed by atoms with Gasteiger partial charge in [-0.05, 0) is 6.07 Å². The highest BCUT2D eigenvalue weighted by atomic mass is 19.4. The number of hydrogen-bond donors (Lipinski definition) is 1. The van der Waals surface area contributed by atoms with Crippen LogP contribution in [0, 0.1) is 0 Å². The van der Waals surface area contributed by atoms with Gasteiger partial charge in [-0.25, -0.2) is 13.6 Å². The summed E-state index contributed by atoms with van der Waals surface area (Å²) in [5.74, 6) is -4.36. The van der Waals surface area contributed by atoms with E-state index in [1.807, 2.05) is 0 Å². The Morgan fingerprint density at radius 2 is 1.95 bits per heavy atom. The number of alkyl halides is 5. The predicted molar refractivity (Wildman–Crippen MR) is 55.3 cm³/mol. The fourth-order valence-electron chi connectivity index (χ4n) is 1.75. The first-order valence-electron chi connectivity index (χ1n) is 5.35. The molecule has 0 bridgehead atoms. The molecule has 0 aromatic heterocycles. The lowest BCUT2D eigenvalue weighted by Gasteiger charge is -2.32. The van der Waals surface area contributed by atoms with Crippen LogP contribution in [0.3, 0.4) is 0 Å². The molecular weight excluding hydrogens is 289 g/mol. The van der Waals surface area contributed by atoms with Gasteiger partial charge >= 0.3 is 18.4 Å². The number of nitrogens with one attached hydrogen (secondary N) is 1. The zero-order valence-electron chi connectivity index (χ0n) is 9.71. The van der Waals surface area contributed by atoms with Crippen molar-refractivity contribution in [3.8, 4) is 5.75 Å². The number of amides is 1. The summed E-state index contributed by atoms with van der Waals surface area (Å²) in [5.41, 5.74) is -0.480. The molecule has 0 aliphatic carbocycles. The lowest BCUT2D eigenvalue weighted by Crippen LogP contribution is -2.49. The molecule has 1 heterocycles. The molecule has 1 aromatic carbocycles. The fraction of sp³-hybridized carbons (Fsp3) is 0.364. The molecule has 20 heavy (non-hydrogen) atoms. The van der Waals surface area contributed by atoms with Crippen molar-refractivity contribution in [3.63, 3.8) is 0 Å². The highest BCUT2D eigenvalue weighted by Crippen LogP contribution is 2.39. The first-order chi connectivity index (χ1) is 9.19. The number of rotatable bonds is 2. The monoisotopic (exact) mass is 297 g/mol. The number of halogens is 5. The van der Waals surface area contributed by atoms with Crippen LogP contribution in [0.25, 0.3) is 0 Å². The molecule has 1 fully saturated rings. The van der Waals surface area contributed by atoms with E-state index in [9.17, 15) is 26.7 Å². The Morgan fingerprint density at radius 3 is 2.60 bits per heavy atom. The molecule has 1 saturated heterocycles. The van der Waals surface area contributed by atoms with Gasteiger partial charge in [-0.2, -0.15) is 0 Å². The first-order valence-corrected chi connectivity index (χ1v) is 5.35. The van der Waals surface area contributed by atoms with Crippen molar-refractivity contribution in [3.05, 3.63) is 29.8 Å². The Labute approximate surface area is 109 Å². The minimum absolute atomic E-state index is 0.480. The van der Waals surface area contributed by atoms with Crippen molar-refractivity contribution in [2.24, 2.45) is 0 Å². The molecule has 1 aliphatic rings. The molecule has 2 rings (SSSR count). The first kappa shape index (κ1) is 14.4. The summed E-state index contributed by atoms with van der Waals surface area (Å²) in [6, 6.07) is 2.41. The SMILES string of the molecule is O=C1N[C@H](c2ccccc2OC(F)(F)F)C(F)(F)CO1. The van der Waals surface area contributed by atoms with Crippen molar-refractivity contribution < 1.29 is 36.2 Å². The molecule has 0 unspecified atom stereocenters. The van der Waals surface area contributed by atoms with Gasteiger partial charge in [0.15, 0.2) is 6.61 Å². The molecule has 110 valence electrons. The third-order valence-corrected chi connectivity index (χ3v) is 2.54. The van der Waals surface area contributed by atoms with Crippen LogP contribution >= 0.6 is 0 Å². The maximum atomic E-state index is 13.7. The van der Waals surface area contributed by atoms with Gasteiger partial charge in [0.05, 0.1) is 0 Å². The lowest BCUT2D eigenvalue weighted by molar-refractivity contribution is -0.275. The van der Waals surface area contributed by atoms with E-state index in [-0.39, 0.29) is 0 Å². The molecule has 0 spiro atoms. The maximum Gasteiger partial charge on any atom is 0.573 e. The van der Waals surface area contributed by atoms with Gasteiger partial charge < -0.3 is 14.8 Å². The van der Waals surface area contributed by atoms with Gasteiger partial charge in [-0.3, -0.25) is 0 Å². The van der Waals surface area contributed by atoms with E-state index in [1.165, 1.54) is 12.1 Å². The van der Waals surface area contributed by atoms with Crippen LogP contribution in [0.15, 0.2) is 24.3 Å². The second-order valence-corrected chi connectivity index (χ2v) is 4.00. The zero-order valence-corrected chi connectivity index (χ0v) is 9.71. The average Bonchev–Trinajstić information content (AvgIpc) is 2.31. The summed E-state index contributed by atoms with van der Waals surface area (Å²) in [6.45, 7) is -1.22. The van der Waals surface area contributed by atoms with Gasteiger partial charge in [-0.1, -0.05) is 18.2 Å². The van der Waals surface area contributed by atoms with Crippen molar-refractivity contribution >= 4 is 6.09 Å². The summed E-state index contributed by atoms with van der Waals surface area (Å²) in [4.78, 5) is 11.0. The summed E-state index contributed by atoms with van der Waals surface area (Å²) in [5, 5.41) is 1.79. The molecule has 1 N–H and O–H groups in total. The van der Waals surface area contributed by atoms with Gasteiger partial charge in [0.1, 0.15) is 11.8 Å². The molecular formula is C11H8F5NO3. The Kier molecular flexibility index (Phi) is 3.45. The van der Waals surface area contributed by atoms with Crippen LogP contribution in [0.5, 0.6) is 5.75 Å². The number of para-hydroxylation sites is 1. The molecule has 1 aliphatic heterocycles.